The molecule has 0 aromatic heterocycles. The predicted octanol–water partition coefficient (Wildman–Crippen LogP) is 1.86. The van der Waals surface area contributed by atoms with Gasteiger partial charge in [-0.3, -0.25) is 9.59 Å². The molecule has 0 amide bonds. The molecule has 0 aliphatic rings. The van der Waals surface area contributed by atoms with Crippen molar-refractivity contribution in [1.29, 1.82) is 0 Å². The molecule has 0 N–H and O–H groups in total. The molecule has 0 saturated carbocycles. The molecule has 0 aliphatic heterocycles. The van der Waals surface area contributed by atoms with Crippen molar-refractivity contribution in [3.05, 3.63) is 12.7 Å². The maximum atomic E-state index is 11.0. The summed E-state index contributed by atoms with van der Waals surface area (Å²) in [6.07, 6.45) is 3.08. The van der Waals surface area contributed by atoms with Crippen molar-refractivity contribution in [2.75, 3.05) is 0 Å². The van der Waals surface area contributed by atoms with E-state index in [4.69, 9.17) is 4.74 Å². The number of ether oxygens (including phenoxy) is 1. The maximum absolute atomic E-state index is 11.0. The lowest BCUT2D eigenvalue weighted by molar-refractivity contribution is -0.150. The van der Waals surface area contributed by atoms with Crippen molar-refractivity contribution in [3.8, 4) is 0 Å². The molecule has 1 unspecified atom stereocenters. The summed E-state index contributed by atoms with van der Waals surface area (Å²) in [6, 6.07) is 0. The van der Waals surface area contributed by atoms with E-state index in [0.717, 1.165) is 12.8 Å². The minimum Gasteiger partial charge on any atom is -0.462 e. The second-order valence-corrected chi connectivity index (χ2v) is 3.05. The van der Waals surface area contributed by atoms with E-state index in [1.54, 1.807) is 6.08 Å². The van der Waals surface area contributed by atoms with Crippen LogP contribution in [0.4, 0.5) is 0 Å². The number of hydrogen-bond acceptors (Lipinski definition) is 3. The van der Waals surface area contributed by atoms with Gasteiger partial charge >= 0.3 is 5.97 Å². The highest BCUT2D eigenvalue weighted by molar-refractivity contribution is 5.94. The van der Waals surface area contributed by atoms with Crippen LogP contribution in [0.25, 0.3) is 0 Å². The van der Waals surface area contributed by atoms with Crippen molar-refractivity contribution in [2.24, 2.45) is 0 Å². The summed E-state index contributed by atoms with van der Waals surface area (Å²) < 4.78 is 4.96. The Bertz CT molecular complexity index is 196. The topological polar surface area (TPSA) is 43.4 Å². The Morgan fingerprint density at radius 1 is 1.54 bits per heavy atom. The summed E-state index contributed by atoms with van der Waals surface area (Å²) >= 11 is 0. The first-order valence-corrected chi connectivity index (χ1v) is 4.36. The zero-order valence-corrected chi connectivity index (χ0v) is 8.21. The van der Waals surface area contributed by atoms with Crippen LogP contribution < -0.4 is 0 Å². The van der Waals surface area contributed by atoms with Gasteiger partial charge in [0.05, 0.1) is 6.10 Å². The molecule has 0 saturated heterocycles. The third-order valence-corrected chi connectivity index (χ3v) is 1.50. The van der Waals surface area contributed by atoms with Crippen molar-refractivity contribution in [1.82, 2.24) is 0 Å². The third-order valence-electron chi connectivity index (χ3n) is 1.50. The van der Waals surface area contributed by atoms with Gasteiger partial charge in [-0.1, -0.05) is 6.08 Å². The summed E-state index contributed by atoms with van der Waals surface area (Å²) in [5.41, 5.74) is 0. The first kappa shape index (κ1) is 11.9. The zero-order valence-electron chi connectivity index (χ0n) is 8.21. The fraction of sp³-hybridized carbons (Fsp3) is 0.600. The molecule has 0 aromatic carbocycles. The molecule has 3 nitrogen and oxygen atoms in total. The number of hydrogen-bond donors (Lipinski definition) is 0. The van der Waals surface area contributed by atoms with Gasteiger partial charge < -0.3 is 4.74 Å². The van der Waals surface area contributed by atoms with E-state index in [9.17, 15) is 9.59 Å². The normalized spacial score (nSPS) is 11.8. The van der Waals surface area contributed by atoms with Crippen LogP contribution in [0, 0.1) is 0 Å². The van der Waals surface area contributed by atoms with Crippen LogP contribution in [0.5, 0.6) is 0 Å². The summed E-state index contributed by atoms with van der Waals surface area (Å²) in [7, 11) is 0. The number of esters is 1. The monoisotopic (exact) mass is 184 g/mol. The first-order valence-electron chi connectivity index (χ1n) is 4.36. The van der Waals surface area contributed by atoms with Crippen LogP contribution >= 0.6 is 0 Å². The lowest BCUT2D eigenvalue weighted by Crippen LogP contribution is -2.16. The van der Waals surface area contributed by atoms with Crippen LogP contribution in [-0.2, 0) is 14.3 Å². The van der Waals surface area contributed by atoms with E-state index < -0.39 is 5.97 Å². The smallest absolute Gasteiger partial charge is 0.313 e. The van der Waals surface area contributed by atoms with Gasteiger partial charge in [-0.2, -0.15) is 0 Å². The lowest BCUT2D eigenvalue weighted by atomic mass is 10.2. The molecule has 0 spiro atoms. The first-order chi connectivity index (χ1) is 6.06. The van der Waals surface area contributed by atoms with E-state index in [-0.39, 0.29) is 18.3 Å². The van der Waals surface area contributed by atoms with Gasteiger partial charge in [-0.05, 0) is 26.7 Å². The molecule has 0 fully saturated rings. The molecule has 0 heterocycles. The SMILES string of the molecule is C=CCCC(C)OC(=O)CC(C)=O. The van der Waals surface area contributed by atoms with Gasteiger partial charge in [0.25, 0.3) is 0 Å². The largest absolute Gasteiger partial charge is 0.462 e. The van der Waals surface area contributed by atoms with Gasteiger partial charge in [-0.15, -0.1) is 6.58 Å². The van der Waals surface area contributed by atoms with E-state index in [1.807, 2.05) is 6.92 Å². The van der Waals surface area contributed by atoms with E-state index >= 15 is 0 Å². The average Bonchev–Trinajstić information content (AvgIpc) is 1.98. The van der Waals surface area contributed by atoms with Gasteiger partial charge in [0.1, 0.15) is 12.2 Å². The summed E-state index contributed by atoms with van der Waals surface area (Å²) in [4.78, 5) is 21.5. The molecule has 0 aromatic rings. The quantitative estimate of drug-likeness (QED) is 0.359. The van der Waals surface area contributed by atoms with Crippen molar-refractivity contribution in [2.45, 2.75) is 39.2 Å². The Hall–Kier alpha value is -1.12. The van der Waals surface area contributed by atoms with Crippen molar-refractivity contribution < 1.29 is 14.3 Å². The van der Waals surface area contributed by atoms with Gasteiger partial charge in [0, 0.05) is 0 Å². The average molecular weight is 184 g/mol. The Balaban J connectivity index is 3.64. The fourth-order valence-corrected chi connectivity index (χ4v) is 0.881. The third kappa shape index (κ3) is 7.25. The Morgan fingerprint density at radius 3 is 2.62 bits per heavy atom. The van der Waals surface area contributed by atoms with Crippen molar-refractivity contribution in [3.63, 3.8) is 0 Å². The van der Waals surface area contributed by atoms with E-state index in [0.29, 0.717) is 0 Å². The van der Waals surface area contributed by atoms with Crippen LogP contribution in [0.15, 0.2) is 12.7 Å². The van der Waals surface area contributed by atoms with Crippen LogP contribution in [0.3, 0.4) is 0 Å². The number of allylic oxidation sites excluding steroid dienone is 1. The highest BCUT2D eigenvalue weighted by Gasteiger charge is 2.10. The van der Waals surface area contributed by atoms with Crippen LogP contribution in [0.1, 0.15) is 33.1 Å². The second-order valence-electron chi connectivity index (χ2n) is 3.05. The van der Waals surface area contributed by atoms with Crippen molar-refractivity contribution >= 4 is 11.8 Å². The number of carbonyl (C=O) groups excluding carboxylic acids is 2. The molecule has 1 atom stereocenters. The summed E-state index contributed by atoms with van der Waals surface area (Å²) in [5, 5.41) is 0. The molecular formula is C10H16O3. The Kier molecular flexibility index (Phi) is 5.85. The van der Waals surface area contributed by atoms with Crippen LogP contribution in [0.2, 0.25) is 0 Å². The minimum absolute atomic E-state index is 0.127. The number of Topliss-reactive ketones (excluding diaryl/α,β-unsaturated/α-hetero) is 1. The van der Waals surface area contributed by atoms with Crippen LogP contribution in [-0.4, -0.2) is 17.9 Å². The molecule has 13 heavy (non-hydrogen) atoms. The highest BCUT2D eigenvalue weighted by Crippen LogP contribution is 2.03. The van der Waals surface area contributed by atoms with Gasteiger partial charge in [0.2, 0.25) is 0 Å². The Labute approximate surface area is 78.8 Å². The number of ketones is 1. The zero-order chi connectivity index (χ0) is 10.3. The van der Waals surface area contributed by atoms with Gasteiger partial charge in [-0.25, -0.2) is 0 Å². The standard InChI is InChI=1S/C10H16O3/c1-4-5-6-9(3)13-10(12)7-8(2)11/h4,9H,1,5-7H2,2-3H3. The highest BCUT2D eigenvalue weighted by atomic mass is 16.5. The lowest BCUT2D eigenvalue weighted by Gasteiger charge is -2.10. The number of carbonyl (C=O) groups is 2. The fourth-order valence-electron chi connectivity index (χ4n) is 0.881. The molecule has 0 bridgehead atoms. The van der Waals surface area contributed by atoms with E-state index in [2.05, 4.69) is 6.58 Å². The summed E-state index contributed by atoms with van der Waals surface area (Å²) in [5.74, 6) is -0.606. The molecule has 0 aliphatic carbocycles. The Morgan fingerprint density at radius 2 is 2.15 bits per heavy atom. The number of rotatable bonds is 6. The molecule has 74 valence electrons. The second kappa shape index (κ2) is 6.40. The molecule has 3 heteroatoms. The maximum Gasteiger partial charge on any atom is 0.313 e. The van der Waals surface area contributed by atoms with E-state index in [1.165, 1.54) is 6.92 Å². The molecule has 0 radical (unpaired) electrons. The summed E-state index contributed by atoms with van der Waals surface area (Å²) in [6.45, 7) is 6.74. The minimum atomic E-state index is -0.441. The molecular weight excluding hydrogens is 168 g/mol. The predicted molar refractivity (Wildman–Crippen MR) is 50.3 cm³/mol. The van der Waals surface area contributed by atoms with Gasteiger partial charge in [0.15, 0.2) is 0 Å². The molecule has 0 rings (SSSR count).